The molecule has 2 aromatic rings. The lowest BCUT2D eigenvalue weighted by atomic mass is 10.1. The Morgan fingerprint density at radius 3 is 2.74 bits per heavy atom. The third kappa shape index (κ3) is 6.17. The van der Waals surface area contributed by atoms with Crippen molar-refractivity contribution in [3.8, 4) is 0 Å². The molecule has 1 N–H and O–H groups in total. The summed E-state index contributed by atoms with van der Waals surface area (Å²) in [5.74, 6) is 0. The molecule has 2 aromatic carbocycles. The maximum Gasteiger partial charge on any atom is 0.407 e. The van der Waals surface area contributed by atoms with Gasteiger partial charge in [0, 0.05) is 11.6 Å². The van der Waals surface area contributed by atoms with Crippen molar-refractivity contribution in [1.29, 1.82) is 0 Å². The molecular formula is C19H20ClNO2. The highest BCUT2D eigenvalue weighted by Crippen LogP contribution is 2.16. The first-order chi connectivity index (χ1) is 11.1. The predicted molar refractivity (Wildman–Crippen MR) is 94.5 cm³/mol. The SMILES string of the molecule is Cc1cc(Cl)ccc1C=CCCNC(=O)OCc1ccccc1. The number of halogens is 1. The Labute approximate surface area is 141 Å². The van der Waals surface area contributed by atoms with Crippen molar-refractivity contribution in [2.45, 2.75) is 20.0 Å². The standard InChI is InChI=1S/C19H20ClNO2/c1-15-13-18(20)11-10-17(15)9-5-6-12-21-19(22)23-14-16-7-3-2-4-8-16/h2-5,7-11,13H,6,12,14H2,1H3,(H,21,22). The summed E-state index contributed by atoms with van der Waals surface area (Å²) < 4.78 is 5.14. The highest BCUT2D eigenvalue weighted by molar-refractivity contribution is 6.30. The quantitative estimate of drug-likeness (QED) is 0.759. The van der Waals surface area contributed by atoms with E-state index in [1.165, 1.54) is 0 Å². The molecule has 1 amide bonds. The van der Waals surface area contributed by atoms with Gasteiger partial charge in [-0.05, 0) is 42.2 Å². The molecule has 4 heteroatoms. The van der Waals surface area contributed by atoms with E-state index < -0.39 is 6.09 Å². The third-order valence-electron chi connectivity index (χ3n) is 3.32. The van der Waals surface area contributed by atoms with Crippen LogP contribution in [0, 0.1) is 6.92 Å². The van der Waals surface area contributed by atoms with Gasteiger partial charge in [-0.3, -0.25) is 0 Å². The molecule has 0 bridgehead atoms. The van der Waals surface area contributed by atoms with Crippen molar-refractivity contribution >= 4 is 23.8 Å². The van der Waals surface area contributed by atoms with Crippen LogP contribution in [0.3, 0.4) is 0 Å². The number of rotatable bonds is 6. The normalized spacial score (nSPS) is 10.7. The fraction of sp³-hybridized carbons (Fsp3) is 0.211. The van der Waals surface area contributed by atoms with Gasteiger partial charge in [-0.25, -0.2) is 4.79 Å². The zero-order valence-corrected chi connectivity index (χ0v) is 13.8. The van der Waals surface area contributed by atoms with E-state index in [1.807, 2.05) is 67.6 Å². The van der Waals surface area contributed by atoms with Crippen LogP contribution in [0.25, 0.3) is 6.08 Å². The van der Waals surface area contributed by atoms with Gasteiger partial charge in [-0.1, -0.05) is 60.2 Å². The summed E-state index contributed by atoms with van der Waals surface area (Å²) in [5, 5.41) is 3.47. The maximum atomic E-state index is 11.6. The fourth-order valence-electron chi connectivity index (χ4n) is 2.07. The summed E-state index contributed by atoms with van der Waals surface area (Å²) in [6.45, 7) is 2.84. The molecule has 0 aromatic heterocycles. The first-order valence-electron chi connectivity index (χ1n) is 7.52. The summed E-state index contributed by atoms with van der Waals surface area (Å²) in [6, 6.07) is 15.4. The number of benzene rings is 2. The summed E-state index contributed by atoms with van der Waals surface area (Å²) in [6.07, 6.45) is 4.39. The number of alkyl carbamates (subject to hydrolysis) is 1. The first kappa shape index (κ1) is 17.1. The second-order valence-corrected chi connectivity index (χ2v) is 5.62. The van der Waals surface area contributed by atoms with Crippen LogP contribution in [0.1, 0.15) is 23.1 Å². The van der Waals surface area contributed by atoms with Crippen LogP contribution in [0.2, 0.25) is 5.02 Å². The number of hydrogen-bond donors (Lipinski definition) is 1. The lowest BCUT2D eigenvalue weighted by Gasteiger charge is -2.06. The van der Waals surface area contributed by atoms with Crippen LogP contribution in [0.15, 0.2) is 54.6 Å². The topological polar surface area (TPSA) is 38.3 Å². The molecule has 0 atom stereocenters. The molecule has 0 fully saturated rings. The first-order valence-corrected chi connectivity index (χ1v) is 7.90. The fourth-order valence-corrected chi connectivity index (χ4v) is 2.29. The Bertz CT molecular complexity index is 668. The Hall–Kier alpha value is -2.26. The number of carbonyl (C=O) groups is 1. The molecular weight excluding hydrogens is 310 g/mol. The molecule has 0 unspecified atom stereocenters. The maximum absolute atomic E-state index is 11.6. The average molecular weight is 330 g/mol. The molecule has 0 aliphatic rings. The largest absolute Gasteiger partial charge is 0.445 e. The zero-order chi connectivity index (χ0) is 16.5. The van der Waals surface area contributed by atoms with E-state index in [0.717, 1.165) is 28.1 Å². The van der Waals surface area contributed by atoms with Gasteiger partial charge >= 0.3 is 6.09 Å². The smallest absolute Gasteiger partial charge is 0.407 e. The van der Waals surface area contributed by atoms with Gasteiger partial charge < -0.3 is 10.1 Å². The number of nitrogens with one attached hydrogen (secondary N) is 1. The van der Waals surface area contributed by atoms with Crippen molar-refractivity contribution < 1.29 is 9.53 Å². The van der Waals surface area contributed by atoms with E-state index in [2.05, 4.69) is 5.32 Å². The van der Waals surface area contributed by atoms with Crippen molar-refractivity contribution in [2.24, 2.45) is 0 Å². The van der Waals surface area contributed by atoms with Crippen LogP contribution < -0.4 is 5.32 Å². The van der Waals surface area contributed by atoms with Crippen LogP contribution in [-0.4, -0.2) is 12.6 Å². The lowest BCUT2D eigenvalue weighted by Crippen LogP contribution is -2.24. The van der Waals surface area contributed by atoms with Gasteiger partial charge in [0.05, 0.1) is 0 Å². The molecule has 120 valence electrons. The molecule has 0 heterocycles. The second-order valence-electron chi connectivity index (χ2n) is 5.18. The number of hydrogen-bond acceptors (Lipinski definition) is 2. The molecule has 0 saturated heterocycles. The van der Waals surface area contributed by atoms with E-state index in [4.69, 9.17) is 16.3 Å². The third-order valence-corrected chi connectivity index (χ3v) is 3.56. The molecule has 0 aliphatic heterocycles. The minimum Gasteiger partial charge on any atom is -0.445 e. The molecule has 2 rings (SSSR count). The summed E-state index contributed by atoms with van der Waals surface area (Å²) in [7, 11) is 0. The highest BCUT2D eigenvalue weighted by Gasteiger charge is 2.00. The minimum absolute atomic E-state index is 0.284. The lowest BCUT2D eigenvalue weighted by molar-refractivity contribution is 0.140. The summed E-state index contributed by atoms with van der Waals surface area (Å²) in [4.78, 5) is 11.6. The van der Waals surface area contributed by atoms with E-state index in [-0.39, 0.29) is 6.61 Å². The number of ether oxygens (including phenoxy) is 1. The van der Waals surface area contributed by atoms with Gasteiger partial charge in [-0.15, -0.1) is 0 Å². The van der Waals surface area contributed by atoms with Crippen LogP contribution in [-0.2, 0) is 11.3 Å². The van der Waals surface area contributed by atoms with Crippen LogP contribution in [0.4, 0.5) is 4.79 Å². The van der Waals surface area contributed by atoms with Gasteiger partial charge in [0.2, 0.25) is 0 Å². The van der Waals surface area contributed by atoms with Crippen molar-refractivity contribution in [3.63, 3.8) is 0 Å². The van der Waals surface area contributed by atoms with Crippen molar-refractivity contribution in [2.75, 3.05) is 6.54 Å². The molecule has 0 spiro atoms. The van der Waals surface area contributed by atoms with Crippen molar-refractivity contribution in [3.05, 3.63) is 76.3 Å². The summed E-state index contributed by atoms with van der Waals surface area (Å²) >= 11 is 5.92. The number of carbonyl (C=O) groups excluding carboxylic acids is 1. The summed E-state index contributed by atoms with van der Waals surface area (Å²) in [5.41, 5.74) is 3.23. The Morgan fingerprint density at radius 1 is 1.22 bits per heavy atom. The van der Waals surface area contributed by atoms with E-state index in [0.29, 0.717) is 6.54 Å². The highest BCUT2D eigenvalue weighted by atomic mass is 35.5. The van der Waals surface area contributed by atoms with Crippen LogP contribution in [0.5, 0.6) is 0 Å². The Balaban J connectivity index is 1.66. The van der Waals surface area contributed by atoms with Gasteiger partial charge in [-0.2, -0.15) is 0 Å². The zero-order valence-electron chi connectivity index (χ0n) is 13.1. The van der Waals surface area contributed by atoms with E-state index >= 15 is 0 Å². The van der Waals surface area contributed by atoms with E-state index in [9.17, 15) is 4.79 Å². The van der Waals surface area contributed by atoms with Gasteiger partial charge in [0.1, 0.15) is 6.61 Å². The number of aryl methyl sites for hydroxylation is 1. The second kappa shape index (κ2) is 9.01. The Morgan fingerprint density at radius 2 is 2.00 bits per heavy atom. The predicted octanol–water partition coefficient (Wildman–Crippen LogP) is 4.98. The van der Waals surface area contributed by atoms with Crippen molar-refractivity contribution in [1.82, 2.24) is 5.32 Å². The molecule has 23 heavy (non-hydrogen) atoms. The Kier molecular flexibility index (Phi) is 6.70. The van der Waals surface area contributed by atoms with Gasteiger partial charge in [0.25, 0.3) is 0 Å². The molecule has 0 saturated carbocycles. The monoisotopic (exact) mass is 329 g/mol. The molecule has 3 nitrogen and oxygen atoms in total. The van der Waals surface area contributed by atoms with Gasteiger partial charge in [0.15, 0.2) is 0 Å². The average Bonchev–Trinajstić information content (AvgIpc) is 2.55. The minimum atomic E-state index is -0.398. The number of amides is 1. The molecule has 0 radical (unpaired) electrons. The molecule has 0 aliphatic carbocycles. The van der Waals surface area contributed by atoms with E-state index in [1.54, 1.807) is 0 Å². The van der Waals surface area contributed by atoms with Crippen LogP contribution >= 0.6 is 11.6 Å².